The van der Waals surface area contributed by atoms with E-state index >= 15 is 0 Å². The number of thiophene rings is 1. The summed E-state index contributed by atoms with van der Waals surface area (Å²) >= 11 is 1.59. The molecule has 24 heavy (non-hydrogen) atoms. The van der Waals surface area contributed by atoms with Crippen molar-refractivity contribution in [3.05, 3.63) is 35.2 Å². The number of carbonyl (C=O) groups is 1. The van der Waals surface area contributed by atoms with E-state index in [1.807, 2.05) is 37.3 Å². The van der Waals surface area contributed by atoms with Crippen LogP contribution in [-0.4, -0.2) is 43.2 Å². The van der Waals surface area contributed by atoms with Crippen molar-refractivity contribution in [2.45, 2.75) is 20.0 Å². The lowest BCUT2D eigenvalue weighted by atomic mass is 10.2. The summed E-state index contributed by atoms with van der Waals surface area (Å²) in [6.07, 6.45) is -0.631. The van der Waals surface area contributed by atoms with Crippen molar-refractivity contribution < 1.29 is 9.90 Å². The minimum absolute atomic E-state index is 0.0566. The summed E-state index contributed by atoms with van der Waals surface area (Å²) in [5, 5.41) is 20.5. The molecule has 0 spiro atoms. The Kier molecular flexibility index (Phi) is 7.02. The molecule has 0 bridgehead atoms. The molecule has 130 valence electrons. The summed E-state index contributed by atoms with van der Waals surface area (Å²) in [7, 11) is 0. The van der Waals surface area contributed by atoms with Crippen LogP contribution in [0.2, 0.25) is 0 Å². The first-order chi connectivity index (χ1) is 11.6. The van der Waals surface area contributed by atoms with Crippen molar-refractivity contribution in [3.8, 4) is 0 Å². The molecule has 0 radical (unpaired) electrons. The molecule has 1 aromatic carbocycles. The number of fused-ring (bicyclic) bond motifs is 1. The van der Waals surface area contributed by atoms with Gasteiger partial charge in [0.2, 0.25) is 5.91 Å². The quantitative estimate of drug-likeness (QED) is 0.348. The fraction of sp³-hybridized carbons (Fsp3) is 0.412. The highest BCUT2D eigenvalue weighted by atomic mass is 32.1. The molecule has 1 heterocycles. The van der Waals surface area contributed by atoms with Gasteiger partial charge in [0.25, 0.3) is 0 Å². The molecule has 4 N–H and O–H groups in total. The smallest absolute Gasteiger partial charge is 0.216 e. The first-order valence-electron chi connectivity index (χ1n) is 8.03. The van der Waals surface area contributed by atoms with E-state index < -0.39 is 6.10 Å². The van der Waals surface area contributed by atoms with Crippen LogP contribution >= 0.6 is 11.3 Å². The SMILES string of the molecule is CCNC(=NCC(O)c1cc2ccccc2s1)NCCNC(C)=O. The van der Waals surface area contributed by atoms with Gasteiger partial charge in [0, 0.05) is 36.1 Å². The van der Waals surface area contributed by atoms with Gasteiger partial charge >= 0.3 is 0 Å². The Hall–Kier alpha value is -2.12. The van der Waals surface area contributed by atoms with Gasteiger partial charge in [-0.25, -0.2) is 0 Å². The fourth-order valence-electron chi connectivity index (χ4n) is 2.20. The number of benzene rings is 1. The van der Waals surface area contributed by atoms with E-state index in [1.165, 1.54) is 6.92 Å². The second-order valence-electron chi connectivity index (χ2n) is 5.33. The fourth-order valence-corrected chi connectivity index (χ4v) is 3.24. The second-order valence-corrected chi connectivity index (χ2v) is 6.45. The minimum atomic E-state index is -0.631. The summed E-state index contributed by atoms with van der Waals surface area (Å²) in [6.45, 7) is 5.57. The number of guanidine groups is 1. The summed E-state index contributed by atoms with van der Waals surface area (Å²) in [5.41, 5.74) is 0. The molecule has 6 nitrogen and oxygen atoms in total. The van der Waals surface area contributed by atoms with Crippen molar-refractivity contribution in [2.75, 3.05) is 26.2 Å². The number of nitrogens with zero attached hydrogens (tertiary/aromatic N) is 1. The van der Waals surface area contributed by atoms with Gasteiger partial charge < -0.3 is 21.1 Å². The largest absolute Gasteiger partial charge is 0.386 e. The maximum Gasteiger partial charge on any atom is 0.216 e. The van der Waals surface area contributed by atoms with Gasteiger partial charge in [0.1, 0.15) is 6.10 Å². The molecule has 1 amide bonds. The number of aliphatic imine (C=N–C) groups is 1. The van der Waals surface area contributed by atoms with Crippen LogP contribution in [0.5, 0.6) is 0 Å². The predicted molar refractivity (Wildman–Crippen MR) is 99.4 cm³/mol. The summed E-state index contributed by atoms with van der Waals surface area (Å²) in [6, 6.07) is 10.1. The standard InChI is InChI=1S/C17H24N4O2S/c1-3-18-17(20-9-8-19-12(2)22)21-11-14(23)16-10-13-6-4-5-7-15(13)24-16/h4-7,10,14,23H,3,8-9,11H2,1-2H3,(H,19,22)(H2,18,20,21). The van der Waals surface area contributed by atoms with Crippen LogP contribution in [0.15, 0.2) is 35.3 Å². The number of hydrogen-bond acceptors (Lipinski definition) is 4. The summed E-state index contributed by atoms with van der Waals surface area (Å²) in [5.74, 6) is 0.571. The van der Waals surface area contributed by atoms with Crippen LogP contribution in [-0.2, 0) is 4.79 Å². The van der Waals surface area contributed by atoms with Crippen LogP contribution in [0.4, 0.5) is 0 Å². The third kappa shape index (κ3) is 5.50. The molecule has 1 aromatic heterocycles. The molecule has 7 heteroatoms. The molecule has 2 rings (SSSR count). The van der Waals surface area contributed by atoms with Gasteiger partial charge in [-0.3, -0.25) is 9.79 Å². The van der Waals surface area contributed by atoms with Crippen LogP contribution in [0.3, 0.4) is 0 Å². The van der Waals surface area contributed by atoms with Crippen molar-refractivity contribution in [3.63, 3.8) is 0 Å². The zero-order chi connectivity index (χ0) is 17.4. The highest BCUT2D eigenvalue weighted by Crippen LogP contribution is 2.29. The first kappa shape index (κ1) is 18.2. The molecule has 1 unspecified atom stereocenters. The number of hydrogen-bond donors (Lipinski definition) is 4. The van der Waals surface area contributed by atoms with E-state index in [-0.39, 0.29) is 12.5 Å². The van der Waals surface area contributed by atoms with Crippen LogP contribution in [0.25, 0.3) is 10.1 Å². The molecule has 0 aliphatic heterocycles. The molecular formula is C17H24N4O2S. The molecule has 2 aromatic rings. The summed E-state index contributed by atoms with van der Waals surface area (Å²) in [4.78, 5) is 16.2. The Labute approximate surface area is 146 Å². The van der Waals surface area contributed by atoms with Gasteiger partial charge in [-0.05, 0) is 24.4 Å². The lowest BCUT2D eigenvalue weighted by Gasteiger charge is -2.12. The number of nitrogens with one attached hydrogen (secondary N) is 3. The monoisotopic (exact) mass is 348 g/mol. The van der Waals surface area contributed by atoms with Gasteiger partial charge in [-0.2, -0.15) is 0 Å². The molecular weight excluding hydrogens is 324 g/mol. The molecule has 0 fully saturated rings. The van der Waals surface area contributed by atoms with Crippen LogP contribution < -0.4 is 16.0 Å². The van der Waals surface area contributed by atoms with E-state index in [0.29, 0.717) is 19.0 Å². The van der Waals surface area contributed by atoms with Crippen LogP contribution in [0.1, 0.15) is 24.8 Å². The van der Waals surface area contributed by atoms with Gasteiger partial charge in [-0.15, -0.1) is 11.3 Å². The molecule has 1 atom stereocenters. The molecule has 0 saturated carbocycles. The maximum absolute atomic E-state index is 10.8. The van der Waals surface area contributed by atoms with Gasteiger partial charge in [-0.1, -0.05) is 18.2 Å². The van der Waals surface area contributed by atoms with E-state index in [9.17, 15) is 9.90 Å². The van der Waals surface area contributed by atoms with Crippen molar-refractivity contribution in [1.29, 1.82) is 0 Å². The topological polar surface area (TPSA) is 85.8 Å². The Balaban J connectivity index is 1.92. The first-order valence-corrected chi connectivity index (χ1v) is 8.85. The van der Waals surface area contributed by atoms with Crippen molar-refractivity contribution in [1.82, 2.24) is 16.0 Å². The number of rotatable bonds is 7. The Morgan fingerprint density at radius 3 is 2.71 bits per heavy atom. The predicted octanol–water partition coefficient (Wildman–Crippen LogP) is 1.63. The number of aliphatic hydroxyl groups excluding tert-OH is 1. The summed E-state index contributed by atoms with van der Waals surface area (Å²) < 4.78 is 1.16. The average Bonchev–Trinajstić information content (AvgIpc) is 3.00. The van der Waals surface area contributed by atoms with Crippen LogP contribution in [0, 0.1) is 0 Å². The van der Waals surface area contributed by atoms with Crippen molar-refractivity contribution >= 4 is 33.3 Å². The highest BCUT2D eigenvalue weighted by Gasteiger charge is 2.11. The Morgan fingerprint density at radius 1 is 1.25 bits per heavy atom. The van der Waals surface area contributed by atoms with E-state index in [0.717, 1.165) is 21.5 Å². The zero-order valence-electron chi connectivity index (χ0n) is 14.0. The number of amides is 1. The van der Waals surface area contributed by atoms with E-state index in [4.69, 9.17) is 0 Å². The Bertz CT molecular complexity index is 666. The van der Waals surface area contributed by atoms with E-state index in [2.05, 4.69) is 20.9 Å². The highest BCUT2D eigenvalue weighted by molar-refractivity contribution is 7.19. The molecule has 0 saturated heterocycles. The maximum atomic E-state index is 10.8. The lowest BCUT2D eigenvalue weighted by molar-refractivity contribution is -0.118. The van der Waals surface area contributed by atoms with Gasteiger partial charge in [0.05, 0.1) is 6.54 Å². The molecule has 0 aliphatic carbocycles. The second kappa shape index (κ2) is 9.24. The lowest BCUT2D eigenvalue weighted by Crippen LogP contribution is -2.41. The van der Waals surface area contributed by atoms with E-state index in [1.54, 1.807) is 11.3 Å². The molecule has 0 aliphatic rings. The normalized spacial score (nSPS) is 12.9. The Morgan fingerprint density at radius 2 is 2.00 bits per heavy atom. The van der Waals surface area contributed by atoms with Gasteiger partial charge in [0.15, 0.2) is 5.96 Å². The number of aliphatic hydroxyl groups is 1. The number of carbonyl (C=O) groups excluding carboxylic acids is 1. The minimum Gasteiger partial charge on any atom is -0.386 e. The van der Waals surface area contributed by atoms with Crippen molar-refractivity contribution in [2.24, 2.45) is 4.99 Å². The zero-order valence-corrected chi connectivity index (χ0v) is 14.8. The average molecular weight is 348 g/mol. The third-order valence-corrected chi connectivity index (χ3v) is 4.55. The third-order valence-electron chi connectivity index (χ3n) is 3.33.